The Morgan fingerprint density at radius 3 is 2.69 bits per heavy atom. The van der Waals surface area contributed by atoms with Gasteiger partial charge in [-0.3, -0.25) is 5.10 Å². The van der Waals surface area contributed by atoms with Crippen LogP contribution < -0.4 is 5.73 Å². The molecular weight excluding hydrogens is 162 g/mol. The van der Waals surface area contributed by atoms with Gasteiger partial charge in [-0.1, -0.05) is 13.8 Å². The molecule has 0 bridgehead atoms. The van der Waals surface area contributed by atoms with Crippen molar-refractivity contribution in [1.29, 1.82) is 0 Å². The fraction of sp³-hybridized carbons (Fsp3) is 0.700. The lowest BCUT2D eigenvalue weighted by atomic mass is 10.1. The Morgan fingerprint density at radius 1 is 1.62 bits per heavy atom. The van der Waals surface area contributed by atoms with Crippen molar-refractivity contribution in [3.8, 4) is 0 Å². The van der Waals surface area contributed by atoms with E-state index in [9.17, 15) is 0 Å². The number of hydrogen-bond donors (Lipinski definition) is 2. The third-order valence-corrected chi connectivity index (χ3v) is 3.35. The Hall–Kier alpha value is -0.830. The smallest absolute Gasteiger partial charge is 0.0664 e. The summed E-state index contributed by atoms with van der Waals surface area (Å²) in [4.78, 5) is 0. The lowest BCUT2D eigenvalue weighted by molar-refractivity contribution is 0.557. The minimum Gasteiger partial charge on any atom is -0.330 e. The average Bonchev–Trinajstić information content (AvgIpc) is 2.41. The summed E-state index contributed by atoms with van der Waals surface area (Å²) in [5, 5.41) is 7.27. The van der Waals surface area contributed by atoms with Crippen molar-refractivity contribution in [3.05, 3.63) is 17.5 Å². The van der Waals surface area contributed by atoms with Crippen LogP contribution in [0.2, 0.25) is 0 Å². The molecule has 3 N–H and O–H groups in total. The fourth-order valence-corrected chi connectivity index (χ4v) is 2.37. The molecule has 3 heteroatoms. The van der Waals surface area contributed by atoms with Crippen molar-refractivity contribution in [2.75, 3.05) is 6.54 Å². The van der Waals surface area contributed by atoms with Gasteiger partial charge in [-0.05, 0) is 30.9 Å². The largest absolute Gasteiger partial charge is 0.330 e. The van der Waals surface area contributed by atoms with Gasteiger partial charge in [0.25, 0.3) is 0 Å². The number of nitrogens with zero attached hydrogens (tertiary/aromatic N) is 1. The van der Waals surface area contributed by atoms with Crippen LogP contribution in [0.4, 0.5) is 0 Å². The molecule has 1 aliphatic carbocycles. The lowest BCUT2D eigenvalue weighted by Crippen LogP contribution is -2.05. The Labute approximate surface area is 78.7 Å². The molecule has 0 radical (unpaired) electrons. The van der Waals surface area contributed by atoms with Crippen LogP contribution in [-0.2, 0) is 0 Å². The van der Waals surface area contributed by atoms with Crippen molar-refractivity contribution in [1.82, 2.24) is 10.2 Å². The first-order chi connectivity index (χ1) is 6.07. The van der Waals surface area contributed by atoms with Gasteiger partial charge in [-0.15, -0.1) is 0 Å². The molecule has 1 aliphatic rings. The summed E-state index contributed by atoms with van der Waals surface area (Å²) in [6, 6.07) is 2.13. The summed E-state index contributed by atoms with van der Waals surface area (Å²) >= 11 is 0. The molecule has 3 nitrogen and oxygen atoms in total. The maximum Gasteiger partial charge on any atom is 0.0664 e. The number of hydrogen-bond acceptors (Lipinski definition) is 2. The van der Waals surface area contributed by atoms with E-state index in [-0.39, 0.29) is 0 Å². The zero-order valence-corrected chi connectivity index (χ0v) is 8.46. The zero-order valence-electron chi connectivity index (χ0n) is 8.46. The van der Waals surface area contributed by atoms with Crippen LogP contribution >= 0.6 is 0 Å². The fourth-order valence-electron chi connectivity index (χ4n) is 2.37. The molecule has 0 amide bonds. The number of aryl methyl sites for hydroxylation is 1. The molecule has 0 spiro atoms. The topological polar surface area (TPSA) is 54.7 Å². The van der Waals surface area contributed by atoms with Gasteiger partial charge >= 0.3 is 0 Å². The second kappa shape index (κ2) is 2.58. The third kappa shape index (κ3) is 1.18. The highest BCUT2D eigenvalue weighted by Crippen LogP contribution is 2.63. The van der Waals surface area contributed by atoms with E-state index in [4.69, 9.17) is 5.73 Å². The summed E-state index contributed by atoms with van der Waals surface area (Å²) in [6.45, 7) is 7.32. The average molecular weight is 179 g/mol. The SMILES string of the molecule is Cc1cc([C@H]2[C@H](CN)C2(C)C)n[nH]1. The van der Waals surface area contributed by atoms with Gasteiger partial charge in [0.2, 0.25) is 0 Å². The first-order valence-corrected chi connectivity index (χ1v) is 4.79. The summed E-state index contributed by atoms with van der Waals surface area (Å²) in [6.07, 6.45) is 0. The van der Waals surface area contributed by atoms with Crippen LogP contribution in [0.3, 0.4) is 0 Å². The Kier molecular flexibility index (Phi) is 1.74. The Bertz CT molecular complexity index is 314. The maximum atomic E-state index is 5.71. The normalized spacial score (nSPS) is 30.5. The molecule has 72 valence electrons. The van der Waals surface area contributed by atoms with E-state index in [1.54, 1.807) is 0 Å². The van der Waals surface area contributed by atoms with E-state index >= 15 is 0 Å². The molecule has 13 heavy (non-hydrogen) atoms. The van der Waals surface area contributed by atoms with Crippen molar-refractivity contribution < 1.29 is 0 Å². The van der Waals surface area contributed by atoms with Gasteiger partial charge in [0.05, 0.1) is 5.69 Å². The van der Waals surface area contributed by atoms with Gasteiger partial charge in [0, 0.05) is 11.6 Å². The Balaban J connectivity index is 2.21. The van der Waals surface area contributed by atoms with Gasteiger partial charge < -0.3 is 5.73 Å². The summed E-state index contributed by atoms with van der Waals surface area (Å²) in [5.41, 5.74) is 8.36. The van der Waals surface area contributed by atoms with E-state index in [0.29, 0.717) is 17.3 Å². The van der Waals surface area contributed by atoms with E-state index in [0.717, 1.165) is 12.2 Å². The van der Waals surface area contributed by atoms with E-state index in [2.05, 4.69) is 30.1 Å². The number of aromatic amines is 1. The first-order valence-electron chi connectivity index (χ1n) is 4.79. The summed E-state index contributed by atoms with van der Waals surface area (Å²) in [7, 11) is 0. The van der Waals surface area contributed by atoms with Crippen molar-refractivity contribution in [2.45, 2.75) is 26.7 Å². The summed E-state index contributed by atoms with van der Waals surface area (Å²) < 4.78 is 0. The predicted molar refractivity (Wildman–Crippen MR) is 52.4 cm³/mol. The van der Waals surface area contributed by atoms with Gasteiger partial charge in [0.15, 0.2) is 0 Å². The molecule has 0 saturated heterocycles. The lowest BCUT2D eigenvalue weighted by Gasteiger charge is -1.98. The standard InChI is InChI=1S/C10H17N3/c1-6-4-8(13-12-6)9-7(5-11)10(9,2)3/h4,7,9H,5,11H2,1-3H3,(H,12,13)/t7-,9+/m0/s1. The van der Waals surface area contributed by atoms with Crippen LogP contribution in [0.15, 0.2) is 6.07 Å². The predicted octanol–water partition coefficient (Wildman–Crippen LogP) is 1.42. The van der Waals surface area contributed by atoms with Crippen molar-refractivity contribution in [2.24, 2.45) is 17.1 Å². The molecule has 1 saturated carbocycles. The number of nitrogens with two attached hydrogens (primary N) is 1. The van der Waals surface area contributed by atoms with Crippen molar-refractivity contribution >= 4 is 0 Å². The molecule has 1 aromatic heterocycles. The monoisotopic (exact) mass is 179 g/mol. The van der Waals surface area contributed by atoms with Crippen molar-refractivity contribution in [3.63, 3.8) is 0 Å². The second-order valence-corrected chi connectivity index (χ2v) is 4.62. The zero-order chi connectivity index (χ0) is 9.64. The van der Waals surface area contributed by atoms with E-state index < -0.39 is 0 Å². The minimum atomic E-state index is 0.344. The second-order valence-electron chi connectivity index (χ2n) is 4.62. The number of nitrogens with one attached hydrogen (secondary N) is 1. The molecule has 0 aromatic carbocycles. The summed E-state index contributed by atoms with van der Waals surface area (Å²) in [5.74, 6) is 1.16. The molecule has 1 heterocycles. The molecule has 0 aliphatic heterocycles. The van der Waals surface area contributed by atoms with Crippen LogP contribution in [0.5, 0.6) is 0 Å². The molecule has 2 atom stereocenters. The van der Waals surface area contributed by atoms with Crippen LogP contribution in [0.25, 0.3) is 0 Å². The highest BCUT2D eigenvalue weighted by molar-refractivity contribution is 5.26. The maximum absolute atomic E-state index is 5.71. The van der Waals surface area contributed by atoms with Gasteiger partial charge in [0.1, 0.15) is 0 Å². The third-order valence-electron chi connectivity index (χ3n) is 3.35. The quantitative estimate of drug-likeness (QED) is 0.721. The van der Waals surface area contributed by atoms with Gasteiger partial charge in [-0.2, -0.15) is 5.10 Å². The van der Waals surface area contributed by atoms with Crippen LogP contribution in [-0.4, -0.2) is 16.7 Å². The first kappa shape index (κ1) is 8.75. The molecule has 1 aromatic rings. The number of H-pyrrole nitrogens is 1. The molecular formula is C10H17N3. The number of aromatic nitrogens is 2. The Morgan fingerprint density at radius 2 is 2.31 bits per heavy atom. The van der Waals surface area contributed by atoms with E-state index in [1.807, 2.05) is 6.92 Å². The number of rotatable bonds is 2. The molecule has 1 fully saturated rings. The van der Waals surface area contributed by atoms with Crippen LogP contribution in [0.1, 0.15) is 31.2 Å². The molecule has 2 rings (SSSR count). The van der Waals surface area contributed by atoms with E-state index in [1.165, 1.54) is 5.69 Å². The highest BCUT2D eigenvalue weighted by Gasteiger charge is 2.58. The minimum absolute atomic E-state index is 0.344. The van der Waals surface area contributed by atoms with Gasteiger partial charge in [-0.25, -0.2) is 0 Å². The molecule has 0 unspecified atom stereocenters. The highest BCUT2D eigenvalue weighted by atomic mass is 15.1. The van der Waals surface area contributed by atoms with Crippen LogP contribution in [0, 0.1) is 18.3 Å².